The first-order valence-electron chi connectivity index (χ1n) is 5.77. The van der Waals surface area contributed by atoms with E-state index in [1.165, 1.54) is 0 Å². The monoisotopic (exact) mass is 566 g/mol. The van der Waals surface area contributed by atoms with E-state index in [1.807, 2.05) is 0 Å². The van der Waals surface area contributed by atoms with Crippen molar-refractivity contribution in [1.82, 2.24) is 0 Å². The van der Waals surface area contributed by atoms with E-state index in [1.54, 1.807) is 0 Å². The van der Waals surface area contributed by atoms with Crippen LogP contribution in [-0.4, -0.2) is 48.6 Å². The first-order chi connectivity index (χ1) is 10.3. The summed E-state index contributed by atoms with van der Waals surface area (Å²) in [6, 6.07) is 0. The van der Waals surface area contributed by atoms with E-state index in [-0.39, 0.29) is 46.5 Å². The van der Waals surface area contributed by atoms with E-state index in [2.05, 4.69) is 63.7 Å². The number of carbonyl (C=O) groups is 2. The normalized spacial score (nSPS) is 10.6. The maximum atomic E-state index is 12.2. The smallest absolute Gasteiger partial charge is 0.340 e. The lowest BCUT2D eigenvalue weighted by Crippen LogP contribution is -2.17. The molecule has 0 aliphatic heterocycles. The zero-order valence-corrected chi connectivity index (χ0v) is 17.2. The molecule has 0 aliphatic rings. The van der Waals surface area contributed by atoms with Crippen LogP contribution >= 0.6 is 63.7 Å². The fourth-order valence-corrected chi connectivity index (χ4v) is 3.91. The van der Waals surface area contributed by atoms with Gasteiger partial charge in [-0.3, -0.25) is 0 Å². The van der Waals surface area contributed by atoms with Gasteiger partial charge in [0.1, 0.15) is 6.61 Å². The van der Waals surface area contributed by atoms with E-state index in [4.69, 9.17) is 14.6 Å². The number of rotatable bonds is 7. The van der Waals surface area contributed by atoms with Gasteiger partial charge in [0.05, 0.1) is 30.9 Å². The fraction of sp³-hybridized carbons (Fsp3) is 0.333. The van der Waals surface area contributed by atoms with E-state index >= 15 is 0 Å². The van der Waals surface area contributed by atoms with Crippen LogP contribution in [0.3, 0.4) is 0 Å². The summed E-state index contributed by atoms with van der Waals surface area (Å²) in [7, 11) is 0. The number of hydrogen-bond donors (Lipinski definition) is 2. The van der Waals surface area contributed by atoms with Crippen LogP contribution in [0.1, 0.15) is 20.7 Å². The first kappa shape index (κ1) is 20.0. The molecule has 1 aromatic carbocycles. The molecule has 2 N–H and O–H groups in total. The minimum atomic E-state index is -1.27. The Bertz CT molecular complexity index is 590. The highest BCUT2D eigenvalue weighted by atomic mass is 79.9. The highest BCUT2D eigenvalue weighted by molar-refractivity contribution is 9.15. The molecule has 0 aliphatic carbocycles. The summed E-state index contributed by atoms with van der Waals surface area (Å²) in [5.41, 5.74) is -0.333. The molecule has 0 bridgehead atoms. The van der Waals surface area contributed by atoms with Gasteiger partial charge in [0.2, 0.25) is 0 Å². The molecule has 0 unspecified atom stereocenters. The molecule has 122 valence electrons. The Kier molecular flexibility index (Phi) is 8.50. The second-order valence-corrected chi connectivity index (χ2v) is 6.95. The number of carboxylic acids is 1. The largest absolute Gasteiger partial charge is 0.478 e. The van der Waals surface area contributed by atoms with E-state index < -0.39 is 11.9 Å². The highest BCUT2D eigenvalue weighted by Crippen LogP contribution is 2.42. The molecule has 0 aromatic heterocycles. The molecule has 0 saturated carbocycles. The molecular weight excluding hydrogens is 560 g/mol. The molecule has 0 radical (unpaired) electrons. The van der Waals surface area contributed by atoms with Crippen molar-refractivity contribution in [3.63, 3.8) is 0 Å². The highest BCUT2D eigenvalue weighted by Gasteiger charge is 2.28. The van der Waals surface area contributed by atoms with Crippen LogP contribution in [0.25, 0.3) is 0 Å². The van der Waals surface area contributed by atoms with Crippen LogP contribution < -0.4 is 0 Å². The van der Waals surface area contributed by atoms with Gasteiger partial charge in [-0.2, -0.15) is 0 Å². The van der Waals surface area contributed by atoms with Crippen LogP contribution in [0.5, 0.6) is 0 Å². The summed E-state index contributed by atoms with van der Waals surface area (Å²) in [5, 5.41) is 17.9. The molecule has 1 rings (SSSR count). The van der Waals surface area contributed by atoms with Crippen LogP contribution in [0.15, 0.2) is 17.9 Å². The molecule has 0 heterocycles. The number of benzene rings is 1. The number of carboxylic acid groups (broad SMARTS) is 1. The van der Waals surface area contributed by atoms with E-state index in [0.29, 0.717) is 8.95 Å². The summed E-state index contributed by atoms with van der Waals surface area (Å²) in [6.07, 6.45) is 0. The lowest BCUT2D eigenvalue weighted by molar-refractivity contribution is 0.0254. The van der Waals surface area contributed by atoms with Gasteiger partial charge in [-0.1, -0.05) is 0 Å². The van der Waals surface area contributed by atoms with Crippen LogP contribution in [-0.2, 0) is 9.47 Å². The van der Waals surface area contributed by atoms with Crippen LogP contribution in [0.4, 0.5) is 0 Å². The van der Waals surface area contributed by atoms with Crippen molar-refractivity contribution in [1.29, 1.82) is 0 Å². The molecule has 0 amide bonds. The molecule has 0 saturated heterocycles. The van der Waals surface area contributed by atoms with Crippen molar-refractivity contribution in [2.24, 2.45) is 0 Å². The van der Waals surface area contributed by atoms with Crippen molar-refractivity contribution < 1.29 is 29.3 Å². The SMILES string of the molecule is O=C(O)c1c(Br)c(Br)c(Br)c(Br)c1C(=O)OCCOCCO. The molecule has 0 atom stereocenters. The van der Waals surface area contributed by atoms with Gasteiger partial charge in [-0.25, -0.2) is 9.59 Å². The van der Waals surface area contributed by atoms with E-state index in [0.717, 1.165) is 0 Å². The number of carbonyl (C=O) groups excluding carboxylic acids is 1. The third-order valence-electron chi connectivity index (χ3n) is 2.38. The average Bonchev–Trinajstić information content (AvgIpc) is 2.47. The second-order valence-electron chi connectivity index (χ2n) is 3.78. The summed E-state index contributed by atoms with van der Waals surface area (Å²) < 4.78 is 11.4. The van der Waals surface area contributed by atoms with Gasteiger partial charge in [0.25, 0.3) is 0 Å². The average molecular weight is 570 g/mol. The third-order valence-corrected chi connectivity index (χ3v) is 7.15. The Morgan fingerprint density at radius 1 is 0.864 bits per heavy atom. The number of aliphatic hydroxyl groups is 1. The van der Waals surface area contributed by atoms with E-state index in [9.17, 15) is 14.7 Å². The van der Waals surface area contributed by atoms with Gasteiger partial charge < -0.3 is 19.7 Å². The van der Waals surface area contributed by atoms with Gasteiger partial charge in [-0.15, -0.1) is 0 Å². The Morgan fingerprint density at radius 2 is 1.41 bits per heavy atom. The molecule has 0 fully saturated rings. The van der Waals surface area contributed by atoms with Crippen LogP contribution in [0.2, 0.25) is 0 Å². The number of esters is 1. The van der Waals surface area contributed by atoms with Crippen molar-refractivity contribution in [2.75, 3.05) is 26.4 Å². The third kappa shape index (κ3) is 4.75. The standard InChI is InChI=1S/C12H10Br4O6/c13-7-5(11(18)19)6(8(14)10(16)9(7)15)12(20)22-4-3-21-2-1-17/h17H,1-4H2,(H,18,19). The molecule has 10 heteroatoms. The van der Waals surface area contributed by atoms with Gasteiger partial charge in [0.15, 0.2) is 0 Å². The zero-order chi connectivity index (χ0) is 16.9. The molecule has 6 nitrogen and oxygen atoms in total. The topological polar surface area (TPSA) is 93.1 Å². The number of halogens is 4. The van der Waals surface area contributed by atoms with Crippen molar-refractivity contribution in [3.05, 3.63) is 29.0 Å². The minimum Gasteiger partial charge on any atom is -0.478 e. The Balaban J connectivity index is 3.07. The predicted octanol–water partition coefficient (Wildman–Crippen LogP) is 3.60. The second kappa shape index (κ2) is 9.33. The number of ether oxygens (including phenoxy) is 2. The first-order valence-corrected chi connectivity index (χ1v) is 8.95. The van der Waals surface area contributed by atoms with Gasteiger partial charge >= 0.3 is 11.9 Å². The lowest BCUT2D eigenvalue weighted by Gasteiger charge is -2.14. The minimum absolute atomic E-state index is 0.0599. The van der Waals surface area contributed by atoms with Crippen LogP contribution in [0, 0.1) is 0 Å². The maximum Gasteiger partial charge on any atom is 0.340 e. The maximum absolute atomic E-state index is 12.2. The summed E-state index contributed by atoms with van der Waals surface area (Å²) in [6.45, 7) is 0.0487. The number of aliphatic hydroxyl groups excluding tert-OH is 1. The van der Waals surface area contributed by atoms with Crippen molar-refractivity contribution >= 4 is 75.7 Å². The predicted molar refractivity (Wildman–Crippen MR) is 92.4 cm³/mol. The summed E-state index contributed by atoms with van der Waals surface area (Å²) in [4.78, 5) is 23.6. The van der Waals surface area contributed by atoms with Crippen molar-refractivity contribution in [3.8, 4) is 0 Å². The number of aromatic carboxylic acids is 1. The molecule has 1 aromatic rings. The van der Waals surface area contributed by atoms with Gasteiger partial charge in [-0.05, 0) is 63.7 Å². The Morgan fingerprint density at radius 3 is 1.91 bits per heavy atom. The fourth-order valence-electron chi connectivity index (χ4n) is 1.46. The van der Waals surface area contributed by atoms with Gasteiger partial charge in [0, 0.05) is 17.9 Å². The Labute approximate surface area is 159 Å². The molecule has 0 spiro atoms. The molecular formula is C12H10Br4O6. The lowest BCUT2D eigenvalue weighted by atomic mass is 10.1. The summed E-state index contributed by atoms with van der Waals surface area (Å²) >= 11 is 12.8. The Hall–Kier alpha value is -0.000000000000000153. The van der Waals surface area contributed by atoms with Crippen molar-refractivity contribution in [2.45, 2.75) is 0 Å². The zero-order valence-electron chi connectivity index (χ0n) is 10.9. The number of hydrogen-bond acceptors (Lipinski definition) is 5. The summed E-state index contributed by atoms with van der Waals surface area (Å²) in [5.74, 6) is -2.07. The molecule has 22 heavy (non-hydrogen) atoms. The quantitative estimate of drug-likeness (QED) is 0.226.